The molecule has 126 valence electrons. The monoisotopic (exact) mass is 322 g/mol. The van der Waals surface area contributed by atoms with Crippen molar-refractivity contribution in [1.82, 2.24) is 9.80 Å². The van der Waals surface area contributed by atoms with Gasteiger partial charge in [0.2, 0.25) is 5.91 Å². The second kappa shape index (κ2) is 7.94. The third-order valence-electron chi connectivity index (χ3n) is 3.84. The van der Waals surface area contributed by atoms with Crippen LogP contribution in [0.1, 0.15) is 20.3 Å². The Morgan fingerprint density at radius 3 is 2.48 bits per heavy atom. The smallest absolute Gasteiger partial charge is 0.260 e. The molecule has 0 atom stereocenters. The lowest BCUT2D eigenvalue weighted by Crippen LogP contribution is -2.40. The number of carbonyl (C=O) groups excluding carboxylic acids is 2. The van der Waals surface area contributed by atoms with Crippen LogP contribution in [0.2, 0.25) is 0 Å². The fourth-order valence-corrected chi connectivity index (χ4v) is 2.54. The highest BCUT2D eigenvalue weighted by molar-refractivity contribution is 5.79. The first-order valence-electron chi connectivity index (χ1n) is 7.93. The van der Waals surface area contributed by atoms with Crippen LogP contribution in [-0.4, -0.2) is 54.4 Å². The Labute approximate surface area is 136 Å². The largest absolute Gasteiger partial charge is 0.481 e. The number of para-hydroxylation sites is 1. The van der Waals surface area contributed by atoms with E-state index in [2.05, 4.69) is 0 Å². The summed E-state index contributed by atoms with van der Waals surface area (Å²) in [5.74, 6) is -0.521. The fourth-order valence-electron chi connectivity index (χ4n) is 2.54. The van der Waals surface area contributed by atoms with E-state index in [9.17, 15) is 14.0 Å². The van der Waals surface area contributed by atoms with Gasteiger partial charge in [-0.15, -0.1) is 0 Å². The molecule has 1 heterocycles. The molecule has 5 nitrogen and oxygen atoms in total. The van der Waals surface area contributed by atoms with Crippen molar-refractivity contribution in [1.29, 1.82) is 0 Å². The summed E-state index contributed by atoms with van der Waals surface area (Å²) in [7, 11) is 0. The molecular weight excluding hydrogens is 299 g/mol. The van der Waals surface area contributed by atoms with E-state index in [0.717, 1.165) is 6.42 Å². The molecule has 1 aromatic rings. The first-order valence-corrected chi connectivity index (χ1v) is 7.93. The Morgan fingerprint density at radius 1 is 1.13 bits per heavy atom. The SMILES string of the molecule is CC(C)C(=O)N1CCCN(C(=O)COc2ccccc2F)CC1. The van der Waals surface area contributed by atoms with Crippen molar-refractivity contribution >= 4 is 11.8 Å². The van der Waals surface area contributed by atoms with Gasteiger partial charge in [-0.3, -0.25) is 9.59 Å². The van der Waals surface area contributed by atoms with Gasteiger partial charge in [0.15, 0.2) is 18.2 Å². The van der Waals surface area contributed by atoms with Crippen molar-refractivity contribution in [3.8, 4) is 5.75 Å². The van der Waals surface area contributed by atoms with E-state index < -0.39 is 5.82 Å². The molecule has 1 aromatic carbocycles. The van der Waals surface area contributed by atoms with Crippen LogP contribution in [-0.2, 0) is 9.59 Å². The standard InChI is InChI=1S/C17H23FN2O3/c1-13(2)17(22)20-9-5-8-19(10-11-20)16(21)12-23-15-7-4-3-6-14(15)18/h3-4,6-7,13H,5,8-12H2,1-2H3. The van der Waals surface area contributed by atoms with Crippen LogP contribution in [0.5, 0.6) is 5.75 Å². The molecule has 6 heteroatoms. The van der Waals surface area contributed by atoms with Crippen LogP contribution in [0, 0.1) is 11.7 Å². The number of nitrogens with zero attached hydrogens (tertiary/aromatic N) is 2. The zero-order valence-corrected chi connectivity index (χ0v) is 13.6. The molecule has 2 rings (SSSR count). The number of ether oxygens (including phenoxy) is 1. The Balaban J connectivity index is 1.86. The molecule has 1 saturated heterocycles. The number of carbonyl (C=O) groups is 2. The van der Waals surface area contributed by atoms with Crippen LogP contribution < -0.4 is 4.74 Å². The van der Waals surface area contributed by atoms with E-state index >= 15 is 0 Å². The Morgan fingerprint density at radius 2 is 1.78 bits per heavy atom. The molecule has 0 radical (unpaired) electrons. The second-order valence-electron chi connectivity index (χ2n) is 5.93. The molecule has 0 saturated carbocycles. The molecule has 0 aromatic heterocycles. The molecule has 0 unspecified atom stereocenters. The van der Waals surface area contributed by atoms with E-state index in [1.807, 2.05) is 13.8 Å². The molecule has 2 amide bonds. The Hall–Kier alpha value is -2.11. The summed E-state index contributed by atoms with van der Waals surface area (Å²) in [5.41, 5.74) is 0. The van der Waals surface area contributed by atoms with Crippen molar-refractivity contribution < 1.29 is 18.7 Å². The molecule has 0 aliphatic carbocycles. The predicted octanol–water partition coefficient (Wildman–Crippen LogP) is 1.92. The quantitative estimate of drug-likeness (QED) is 0.851. The van der Waals surface area contributed by atoms with Crippen LogP contribution in [0.3, 0.4) is 0 Å². The third kappa shape index (κ3) is 4.68. The summed E-state index contributed by atoms with van der Waals surface area (Å²) in [6.45, 7) is 5.81. The molecule has 1 aliphatic heterocycles. The van der Waals surface area contributed by atoms with Gasteiger partial charge in [-0.1, -0.05) is 26.0 Å². The summed E-state index contributed by atoms with van der Waals surface area (Å²) in [4.78, 5) is 27.7. The number of amides is 2. The first kappa shape index (κ1) is 17.2. The lowest BCUT2D eigenvalue weighted by Gasteiger charge is -2.23. The molecule has 23 heavy (non-hydrogen) atoms. The van der Waals surface area contributed by atoms with Gasteiger partial charge in [0.25, 0.3) is 5.91 Å². The zero-order chi connectivity index (χ0) is 16.8. The van der Waals surface area contributed by atoms with Gasteiger partial charge in [-0.05, 0) is 18.6 Å². The number of hydrogen-bond donors (Lipinski definition) is 0. The lowest BCUT2D eigenvalue weighted by molar-refractivity contribution is -0.136. The highest BCUT2D eigenvalue weighted by Crippen LogP contribution is 2.15. The molecule has 1 fully saturated rings. The summed E-state index contributed by atoms with van der Waals surface area (Å²) < 4.78 is 18.7. The van der Waals surface area contributed by atoms with Crippen molar-refractivity contribution in [3.05, 3.63) is 30.1 Å². The molecule has 0 spiro atoms. The molecule has 0 bridgehead atoms. The van der Waals surface area contributed by atoms with Gasteiger partial charge in [0, 0.05) is 32.1 Å². The van der Waals surface area contributed by atoms with Crippen molar-refractivity contribution in [2.45, 2.75) is 20.3 Å². The van der Waals surface area contributed by atoms with Gasteiger partial charge >= 0.3 is 0 Å². The van der Waals surface area contributed by atoms with Crippen molar-refractivity contribution in [2.75, 3.05) is 32.8 Å². The predicted molar refractivity (Wildman–Crippen MR) is 84.5 cm³/mol. The summed E-state index contributed by atoms with van der Waals surface area (Å²) in [6.07, 6.45) is 0.740. The third-order valence-corrected chi connectivity index (χ3v) is 3.84. The van der Waals surface area contributed by atoms with E-state index in [-0.39, 0.29) is 30.1 Å². The van der Waals surface area contributed by atoms with E-state index in [0.29, 0.717) is 26.2 Å². The number of benzene rings is 1. The summed E-state index contributed by atoms with van der Waals surface area (Å²) in [6, 6.07) is 6.01. The first-order chi connectivity index (χ1) is 11.0. The van der Waals surface area contributed by atoms with E-state index in [4.69, 9.17) is 4.74 Å². The van der Waals surface area contributed by atoms with Gasteiger partial charge < -0.3 is 14.5 Å². The maximum absolute atomic E-state index is 13.5. The Kier molecular flexibility index (Phi) is 5.96. The van der Waals surface area contributed by atoms with Crippen molar-refractivity contribution in [2.24, 2.45) is 5.92 Å². The minimum absolute atomic E-state index is 0.0401. The number of rotatable bonds is 4. The van der Waals surface area contributed by atoms with Gasteiger partial charge in [-0.25, -0.2) is 4.39 Å². The highest BCUT2D eigenvalue weighted by atomic mass is 19.1. The van der Waals surface area contributed by atoms with Crippen molar-refractivity contribution in [3.63, 3.8) is 0 Å². The van der Waals surface area contributed by atoms with Gasteiger partial charge in [-0.2, -0.15) is 0 Å². The average molecular weight is 322 g/mol. The molecule has 0 N–H and O–H groups in total. The zero-order valence-electron chi connectivity index (χ0n) is 13.6. The van der Waals surface area contributed by atoms with Gasteiger partial charge in [0.05, 0.1) is 0 Å². The van der Waals surface area contributed by atoms with Gasteiger partial charge in [0.1, 0.15) is 0 Å². The average Bonchev–Trinajstić information content (AvgIpc) is 2.79. The maximum Gasteiger partial charge on any atom is 0.260 e. The van der Waals surface area contributed by atoms with E-state index in [1.54, 1.807) is 21.9 Å². The molecular formula is C17H23FN2O3. The topological polar surface area (TPSA) is 49.9 Å². The maximum atomic E-state index is 13.5. The number of hydrogen-bond acceptors (Lipinski definition) is 3. The highest BCUT2D eigenvalue weighted by Gasteiger charge is 2.23. The summed E-state index contributed by atoms with van der Waals surface area (Å²) >= 11 is 0. The minimum atomic E-state index is -0.482. The normalized spacial score (nSPS) is 15.5. The molecule has 1 aliphatic rings. The van der Waals surface area contributed by atoms with Crippen LogP contribution in [0.4, 0.5) is 4.39 Å². The fraction of sp³-hybridized carbons (Fsp3) is 0.529. The Bertz CT molecular complexity index is 563. The van der Waals surface area contributed by atoms with E-state index in [1.165, 1.54) is 12.1 Å². The van der Waals surface area contributed by atoms with Crippen LogP contribution in [0.15, 0.2) is 24.3 Å². The van der Waals surface area contributed by atoms with Crippen LogP contribution >= 0.6 is 0 Å². The number of halogens is 1. The lowest BCUT2D eigenvalue weighted by atomic mass is 10.2. The second-order valence-corrected chi connectivity index (χ2v) is 5.93. The van der Waals surface area contributed by atoms with Crippen LogP contribution in [0.25, 0.3) is 0 Å². The minimum Gasteiger partial charge on any atom is -0.481 e. The summed E-state index contributed by atoms with van der Waals surface area (Å²) in [5, 5.41) is 0.